The predicted molar refractivity (Wildman–Crippen MR) is 182 cm³/mol. The molecule has 0 spiro atoms. The van der Waals surface area contributed by atoms with E-state index in [-0.39, 0.29) is 51.9 Å². The van der Waals surface area contributed by atoms with Gasteiger partial charge in [-0.1, -0.05) is 68.8 Å². The molecule has 7 nitrogen and oxygen atoms in total. The largest absolute Gasteiger partial charge is 0.488 e. The van der Waals surface area contributed by atoms with Gasteiger partial charge < -0.3 is 14.6 Å². The van der Waals surface area contributed by atoms with Crippen molar-refractivity contribution in [3.8, 4) is 34.8 Å². The summed E-state index contributed by atoms with van der Waals surface area (Å²) in [5.41, 5.74) is 4.66. The SMILES string of the molecule is CC(C)(C)S(C)(C)C.N#Cc1cncc(COc2cc(OCc3cccc(-c4cccc(CO)c4)c3C#N)c(Cl)cc2C=O)c1. The summed E-state index contributed by atoms with van der Waals surface area (Å²) in [6, 6.07) is 21.7. The Hall–Kier alpha value is -4.34. The molecule has 0 radical (unpaired) electrons. The molecule has 0 unspecified atom stereocenters. The van der Waals surface area contributed by atoms with E-state index >= 15 is 0 Å². The Morgan fingerprint density at radius 1 is 0.911 bits per heavy atom. The average Bonchev–Trinajstić information content (AvgIpc) is 3.02. The van der Waals surface area contributed by atoms with E-state index < -0.39 is 0 Å². The van der Waals surface area contributed by atoms with E-state index in [4.69, 9.17) is 26.3 Å². The molecule has 1 aromatic heterocycles. The molecule has 0 aliphatic heterocycles. The molecule has 234 valence electrons. The number of carbonyl (C=O) groups excluding carboxylic acids is 1. The number of halogens is 1. The Kier molecular flexibility index (Phi) is 12.2. The molecule has 3 aromatic carbocycles. The number of hydrogen-bond acceptors (Lipinski definition) is 7. The van der Waals surface area contributed by atoms with Gasteiger partial charge >= 0.3 is 0 Å². The van der Waals surface area contributed by atoms with Crippen molar-refractivity contribution in [3.05, 3.63) is 111 Å². The molecule has 0 saturated heterocycles. The van der Waals surface area contributed by atoms with E-state index in [2.05, 4.69) is 50.6 Å². The van der Waals surface area contributed by atoms with Crippen LogP contribution in [0.25, 0.3) is 11.1 Å². The summed E-state index contributed by atoms with van der Waals surface area (Å²) in [5, 5.41) is 28.6. The zero-order valence-electron chi connectivity index (χ0n) is 26.4. The van der Waals surface area contributed by atoms with Crippen molar-refractivity contribution in [2.45, 2.75) is 45.3 Å². The van der Waals surface area contributed by atoms with E-state index in [1.165, 1.54) is 18.3 Å². The number of aldehydes is 1. The highest BCUT2D eigenvalue weighted by atomic mass is 35.5. The first-order valence-electron chi connectivity index (χ1n) is 14.1. The van der Waals surface area contributed by atoms with Gasteiger partial charge in [0.1, 0.15) is 36.9 Å². The van der Waals surface area contributed by atoms with Gasteiger partial charge in [0.2, 0.25) is 0 Å². The molecule has 4 rings (SSSR count). The van der Waals surface area contributed by atoms with Gasteiger partial charge in [0.15, 0.2) is 6.29 Å². The molecule has 0 bridgehead atoms. The van der Waals surface area contributed by atoms with Gasteiger partial charge in [0.25, 0.3) is 0 Å². The Bertz CT molecular complexity index is 1720. The smallest absolute Gasteiger partial charge is 0.153 e. The van der Waals surface area contributed by atoms with Crippen LogP contribution in [-0.4, -0.2) is 39.9 Å². The van der Waals surface area contributed by atoms with Crippen molar-refractivity contribution >= 4 is 27.9 Å². The molecule has 0 fully saturated rings. The molecule has 0 amide bonds. The van der Waals surface area contributed by atoms with Crippen LogP contribution in [0.5, 0.6) is 11.5 Å². The number of benzene rings is 3. The average molecular weight is 644 g/mol. The normalized spacial score (nSPS) is 11.3. The van der Waals surface area contributed by atoms with Crippen molar-refractivity contribution in [1.29, 1.82) is 10.5 Å². The molecule has 1 heterocycles. The van der Waals surface area contributed by atoms with E-state index in [1.807, 2.05) is 42.5 Å². The molecule has 1 N–H and O–H groups in total. The van der Waals surface area contributed by atoms with Crippen LogP contribution in [0.3, 0.4) is 0 Å². The Morgan fingerprint density at radius 2 is 1.60 bits per heavy atom. The van der Waals surface area contributed by atoms with Crippen LogP contribution >= 0.6 is 21.6 Å². The quantitative estimate of drug-likeness (QED) is 0.183. The summed E-state index contributed by atoms with van der Waals surface area (Å²) >= 11 is 6.36. The Balaban J connectivity index is 0.000000610. The van der Waals surface area contributed by atoms with E-state index in [0.717, 1.165) is 16.7 Å². The van der Waals surface area contributed by atoms with Crippen LogP contribution in [0, 0.1) is 22.7 Å². The fraction of sp³-hybridized carbons (Fsp3) is 0.278. The van der Waals surface area contributed by atoms with Crippen LogP contribution in [-0.2, 0) is 19.8 Å². The lowest BCUT2D eigenvalue weighted by molar-refractivity contribution is 0.111. The lowest BCUT2D eigenvalue weighted by Crippen LogP contribution is -2.21. The second-order valence-corrected chi connectivity index (χ2v) is 17.3. The van der Waals surface area contributed by atoms with Gasteiger partial charge in [-0.25, -0.2) is 10.0 Å². The summed E-state index contributed by atoms with van der Waals surface area (Å²) in [5.74, 6) is 0.537. The standard InChI is InChI=1S/C29H20ClN3O4.C7H18S/c30-27-9-24(16-35)28(36-17-21-7-20(11-31)13-33-14-21)10-29(27)37-18-23-5-2-6-25(26(23)12-32)22-4-1-3-19(8-22)15-34;1-7(2,3)8(4,5)6/h1-10,13-14,16,34H,15,17-18H2;1-6H3. The van der Waals surface area contributed by atoms with Crippen LogP contribution in [0.1, 0.15) is 58.9 Å². The first kappa shape index (κ1) is 35.1. The number of pyridine rings is 1. The maximum absolute atomic E-state index is 11.6. The van der Waals surface area contributed by atoms with Gasteiger partial charge in [-0.15, -0.1) is 0 Å². The van der Waals surface area contributed by atoms with E-state index in [1.54, 1.807) is 18.3 Å². The van der Waals surface area contributed by atoms with Crippen LogP contribution < -0.4 is 9.47 Å². The minimum atomic E-state index is -0.340. The number of nitrogens with zero attached hydrogens (tertiary/aromatic N) is 3. The van der Waals surface area contributed by atoms with Crippen molar-refractivity contribution in [2.24, 2.45) is 0 Å². The third kappa shape index (κ3) is 9.57. The molecular weight excluding hydrogens is 606 g/mol. The number of ether oxygens (including phenoxy) is 2. The zero-order valence-corrected chi connectivity index (χ0v) is 28.0. The topological polar surface area (TPSA) is 116 Å². The van der Waals surface area contributed by atoms with Crippen molar-refractivity contribution < 1.29 is 19.4 Å². The fourth-order valence-corrected chi connectivity index (χ4v) is 3.98. The van der Waals surface area contributed by atoms with Gasteiger partial charge in [0, 0.05) is 29.6 Å². The first-order chi connectivity index (χ1) is 21.3. The van der Waals surface area contributed by atoms with Gasteiger partial charge in [-0.3, -0.25) is 9.78 Å². The van der Waals surface area contributed by atoms with Crippen molar-refractivity contribution in [1.82, 2.24) is 4.98 Å². The second-order valence-electron chi connectivity index (χ2n) is 12.0. The van der Waals surface area contributed by atoms with Crippen LogP contribution in [0.15, 0.2) is 73.1 Å². The zero-order chi connectivity index (χ0) is 33.2. The summed E-state index contributed by atoms with van der Waals surface area (Å²) in [7, 11) is -0.340. The molecule has 45 heavy (non-hydrogen) atoms. The molecule has 0 saturated carbocycles. The van der Waals surface area contributed by atoms with Crippen LogP contribution in [0.4, 0.5) is 0 Å². The third-order valence-corrected chi connectivity index (χ3v) is 11.4. The highest BCUT2D eigenvalue weighted by Crippen LogP contribution is 2.48. The number of aliphatic hydroxyl groups excluding tert-OH is 1. The fourth-order valence-electron chi connectivity index (χ4n) is 3.75. The van der Waals surface area contributed by atoms with Gasteiger partial charge in [0.05, 0.1) is 28.3 Å². The number of aromatic nitrogens is 1. The summed E-state index contributed by atoms with van der Waals surface area (Å²) in [4.78, 5) is 15.6. The van der Waals surface area contributed by atoms with Crippen molar-refractivity contribution in [2.75, 3.05) is 18.8 Å². The predicted octanol–water partition coefficient (Wildman–Crippen LogP) is 8.09. The number of carbonyl (C=O) groups is 1. The summed E-state index contributed by atoms with van der Waals surface area (Å²) in [6.07, 6.45) is 10.7. The Labute approximate surface area is 272 Å². The van der Waals surface area contributed by atoms with E-state index in [0.29, 0.717) is 33.3 Å². The first-order valence-corrected chi connectivity index (χ1v) is 17.3. The highest BCUT2D eigenvalue weighted by molar-refractivity contribution is 8.33. The maximum Gasteiger partial charge on any atom is 0.153 e. The lowest BCUT2D eigenvalue weighted by atomic mass is 9.95. The number of hydrogen-bond donors (Lipinski definition) is 1. The van der Waals surface area contributed by atoms with Gasteiger partial charge in [-0.05, 0) is 58.4 Å². The summed E-state index contributed by atoms with van der Waals surface area (Å²) < 4.78 is 12.3. The number of nitriles is 2. The molecule has 0 aliphatic carbocycles. The number of aliphatic hydroxyl groups is 1. The number of rotatable bonds is 9. The Morgan fingerprint density at radius 3 is 2.22 bits per heavy atom. The van der Waals surface area contributed by atoms with Crippen molar-refractivity contribution in [3.63, 3.8) is 0 Å². The molecule has 0 atom stereocenters. The minimum absolute atomic E-state index is 0.0458. The third-order valence-electron chi connectivity index (χ3n) is 7.41. The molecular formula is C36H38ClN3O4S. The summed E-state index contributed by atoms with van der Waals surface area (Å²) in [6.45, 7) is 6.95. The molecule has 0 aliphatic rings. The maximum atomic E-state index is 11.6. The monoisotopic (exact) mass is 643 g/mol. The molecule has 9 heteroatoms. The van der Waals surface area contributed by atoms with E-state index in [9.17, 15) is 15.2 Å². The second kappa shape index (κ2) is 15.6. The minimum Gasteiger partial charge on any atom is -0.488 e. The van der Waals surface area contributed by atoms with Gasteiger partial charge in [-0.2, -0.15) is 10.5 Å². The molecule has 4 aromatic rings. The lowest BCUT2D eigenvalue weighted by Gasteiger charge is -2.40. The highest BCUT2D eigenvalue weighted by Gasteiger charge is 2.22. The van der Waals surface area contributed by atoms with Crippen LogP contribution in [0.2, 0.25) is 5.02 Å².